The Balaban J connectivity index is 1.95. The molecule has 4 rings (SSSR count). The van der Waals surface area contributed by atoms with E-state index in [0.717, 1.165) is 0 Å². The summed E-state index contributed by atoms with van der Waals surface area (Å²) in [6.07, 6.45) is 0.167. The summed E-state index contributed by atoms with van der Waals surface area (Å²) in [5.41, 5.74) is -3.62. The Hall–Kier alpha value is -2.64. The molecule has 8 nitrogen and oxygen atoms in total. The maximum absolute atomic E-state index is 14.5. The zero-order chi connectivity index (χ0) is 28.6. The number of fused-ring (bicyclic) bond motifs is 4. The Labute approximate surface area is 224 Å². The number of carbonyl (C=O) groups is 6. The van der Waals surface area contributed by atoms with Gasteiger partial charge in [-0.2, -0.15) is 0 Å². The van der Waals surface area contributed by atoms with Gasteiger partial charge in [-0.15, -0.1) is 0 Å². The van der Waals surface area contributed by atoms with Gasteiger partial charge in [-0.05, 0) is 37.5 Å². The summed E-state index contributed by atoms with van der Waals surface area (Å²) < 4.78 is 10.6. The van der Waals surface area contributed by atoms with E-state index in [2.05, 4.69) is 0 Å². The number of methoxy groups -OCH3 is 1. The Morgan fingerprint density at radius 1 is 0.974 bits per heavy atom. The lowest BCUT2D eigenvalue weighted by atomic mass is 9.42. The SMILES string of the molecule is COC(=O)CCC(C)[C@H]1CC(=O)[C@@]2(C)C3=C(C(=O)C(OC(C)=O)[C@]12C)[C@@]1(C)CCC(=O)C(C)(C)[C@@H]1CC3=O. The third-order valence-electron chi connectivity index (χ3n) is 11.1. The van der Waals surface area contributed by atoms with Gasteiger partial charge in [0.2, 0.25) is 5.78 Å². The molecule has 0 aromatic carbocycles. The normalized spacial score (nSPS) is 38.8. The number of hydrogen-bond donors (Lipinski definition) is 0. The highest BCUT2D eigenvalue weighted by molar-refractivity contribution is 6.18. The molecule has 4 aliphatic carbocycles. The van der Waals surface area contributed by atoms with E-state index < -0.39 is 51.4 Å². The minimum absolute atomic E-state index is 0.0594. The summed E-state index contributed by atoms with van der Waals surface area (Å²) in [4.78, 5) is 79.7. The van der Waals surface area contributed by atoms with Crippen LogP contribution in [0.4, 0.5) is 0 Å². The van der Waals surface area contributed by atoms with Gasteiger partial charge in [0.05, 0.1) is 12.5 Å². The molecule has 0 radical (unpaired) electrons. The minimum Gasteiger partial charge on any atom is -0.469 e. The van der Waals surface area contributed by atoms with Gasteiger partial charge >= 0.3 is 11.9 Å². The zero-order valence-electron chi connectivity index (χ0n) is 23.8. The summed E-state index contributed by atoms with van der Waals surface area (Å²) in [5, 5.41) is 0. The molecule has 2 saturated carbocycles. The first kappa shape index (κ1) is 28.4. The third kappa shape index (κ3) is 3.54. The fraction of sp³-hybridized carbons (Fsp3) is 0.733. The van der Waals surface area contributed by atoms with Gasteiger partial charge in [-0.25, -0.2) is 0 Å². The molecule has 0 heterocycles. The van der Waals surface area contributed by atoms with E-state index in [-0.39, 0.29) is 66.1 Å². The Bertz CT molecular complexity index is 1180. The highest BCUT2D eigenvalue weighted by Crippen LogP contribution is 2.70. The predicted molar refractivity (Wildman–Crippen MR) is 137 cm³/mol. The van der Waals surface area contributed by atoms with Crippen molar-refractivity contribution in [3.05, 3.63) is 11.1 Å². The molecule has 7 atom stereocenters. The Kier molecular flexibility index (Phi) is 6.68. The smallest absolute Gasteiger partial charge is 0.305 e. The van der Waals surface area contributed by atoms with Crippen molar-refractivity contribution in [2.45, 2.75) is 93.1 Å². The van der Waals surface area contributed by atoms with Crippen LogP contribution < -0.4 is 0 Å². The first-order valence-electron chi connectivity index (χ1n) is 13.6. The van der Waals surface area contributed by atoms with Crippen LogP contribution in [-0.2, 0) is 38.2 Å². The molecule has 4 aliphatic rings. The summed E-state index contributed by atoms with van der Waals surface area (Å²) in [7, 11) is 1.32. The van der Waals surface area contributed by atoms with Gasteiger partial charge in [-0.3, -0.25) is 28.8 Å². The standard InChI is InChI=1S/C30H40O8/c1-15(9-10-22(35)37-8)17-13-21(34)30(7)23-18(32)14-19-27(3,4)20(33)11-12-28(19,5)24(23)25(36)26(29(17,30)6)38-16(2)31/h15,17,19,26H,9-14H2,1-8H3/t15?,17-,19+,26?,28+,29+,30+/m1/s1. The molecular formula is C30H40O8. The lowest BCUT2D eigenvalue weighted by Crippen LogP contribution is -2.64. The molecule has 0 aliphatic heterocycles. The van der Waals surface area contributed by atoms with Gasteiger partial charge in [-0.1, -0.05) is 34.6 Å². The van der Waals surface area contributed by atoms with Gasteiger partial charge in [0.1, 0.15) is 11.6 Å². The van der Waals surface area contributed by atoms with Crippen molar-refractivity contribution >= 4 is 35.1 Å². The van der Waals surface area contributed by atoms with Crippen LogP contribution in [0.3, 0.4) is 0 Å². The molecule has 0 amide bonds. The quantitative estimate of drug-likeness (QED) is 0.492. The molecule has 2 unspecified atom stereocenters. The van der Waals surface area contributed by atoms with Crippen LogP contribution in [0.5, 0.6) is 0 Å². The second-order valence-electron chi connectivity index (χ2n) is 13.1. The fourth-order valence-electron chi connectivity index (χ4n) is 8.62. The summed E-state index contributed by atoms with van der Waals surface area (Å²) in [6, 6.07) is 0. The van der Waals surface area contributed by atoms with Crippen molar-refractivity contribution in [2.24, 2.45) is 39.4 Å². The topological polar surface area (TPSA) is 121 Å². The molecule has 38 heavy (non-hydrogen) atoms. The monoisotopic (exact) mass is 528 g/mol. The number of esters is 2. The van der Waals surface area contributed by atoms with Crippen molar-refractivity contribution in [1.29, 1.82) is 0 Å². The number of hydrogen-bond acceptors (Lipinski definition) is 8. The van der Waals surface area contributed by atoms with E-state index in [1.807, 2.05) is 27.7 Å². The number of ketones is 4. The Morgan fingerprint density at radius 3 is 2.18 bits per heavy atom. The second kappa shape index (κ2) is 8.95. The molecule has 0 spiro atoms. The van der Waals surface area contributed by atoms with Crippen LogP contribution in [0, 0.1) is 39.4 Å². The average molecular weight is 529 g/mol. The van der Waals surface area contributed by atoms with Crippen molar-refractivity contribution in [3.63, 3.8) is 0 Å². The Morgan fingerprint density at radius 2 is 1.61 bits per heavy atom. The fourth-order valence-corrected chi connectivity index (χ4v) is 8.62. The van der Waals surface area contributed by atoms with E-state index in [1.54, 1.807) is 13.8 Å². The van der Waals surface area contributed by atoms with Crippen molar-refractivity contribution < 1.29 is 38.2 Å². The average Bonchev–Trinajstić information content (AvgIpc) is 3.05. The third-order valence-corrected chi connectivity index (χ3v) is 11.1. The van der Waals surface area contributed by atoms with Gasteiger partial charge in [0.25, 0.3) is 0 Å². The molecule has 0 bridgehead atoms. The van der Waals surface area contributed by atoms with Crippen molar-refractivity contribution in [1.82, 2.24) is 0 Å². The van der Waals surface area contributed by atoms with Crippen LogP contribution in [0.2, 0.25) is 0 Å². The van der Waals surface area contributed by atoms with Crippen molar-refractivity contribution in [3.8, 4) is 0 Å². The lowest BCUT2D eigenvalue weighted by molar-refractivity contribution is -0.175. The molecule has 0 N–H and O–H groups in total. The molecule has 0 aromatic rings. The summed E-state index contributed by atoms with van der Waals surface area (Å²) >= 11 is 0. The number of rotatable bonds is 5. The highest BCUT2D eigenvalue weighted by Gasteiger charge is 2.74. The van der Waals surface area contributed by atoms with E-state index in [1.165, 1.54) is 14.0 Å². The second-order valence-corrected chi connectivity index (χ2v) is 13.1. The number of ether oxygens (including phenoxy) is 2. The molecule has 0 saturated heterocycles. The highest BCUT2D eigenvalue weighted by atomic mass is 16.5. The van der Waals surface area contributed by atoms with E-state index in [9.17, 15) is 28.8 Å². The molecule has 2 fully saturated rings. The maximum Gasteiger partial charge on any atom is 0.305 e. The van der Waals surface area contributed by atoms with Gasteiger partial charge in [0, 0.05) is 60.0 Å². The maximum atomic E-state index is 14.5. The van der Waals surface area contributed by atoms with Gasteiger partial charge in [0.15, 0.2) is 11.9 Å². The van der Waals surface area contributed by atoms with Gasteiger partial charge < -0.3 is 9.47 Å². The largest absolute Gasteiger partial charge is 0.469 e. The zero-order valence-corrected chi connectivity index (χ0v) is 23.8. The lowest BCUT2D eigenvalue weighted by Gasteiger charge is -2.59. The first-order valence-corrected chi connectivity index (χ1v) is 13.6. The van der Waals surface area contributed by atoms with Crippen LogP contribution in [0.1, 0.15) is 87.0 Å². The van der Waals surface area contributed by atoms with Crippen LogP contribution in [-0.4, -0.2) is 48.3 Å². The number of Topliss-reactive ketones (excluding diaryl/α,β-unsaturated/α-hetero) is 4. The molecular weight excluding hydrogens is 488 g/mol. The van der Waals surface area contributed by atoms with Crippen molar-refractivity contribution in [2.75, 3.05) is 7.11 Å². The summed E-state index contributed by atoms with van der Waals surface area (Å²) in [5.74, 6) is -2.81. The molecule has 208 valence electrons. The van der Waals surface area contributed by atoms with Crippen LogP contribution >= 0.6 is 0 Å². The molecule has 8 heteroatoms. The van der Waals surface area contributed by atoms with E-state index >= 15 is 0 Å². The van der Waals surface area contributed by atoms with E-state index in [0.29, 0.717) is 12.8 Å². The number of carbonyl (C=O) groups excluding carboxylic acids is 6. The molecule has 0 aromatic heterocycles. The van der Waals surface area contributed by atoms with Crippen LogP contribution in [0.15, 0.2) is 11.1 Å². The number of allylic oxidation sites excluding steroid dienone is 1. The summed E-state index contributed by atoms with van der Waals surface area (Å²) in [6.45, 7) is 12.3. The van der Waals surface area contributed by atoms with E-state index in [4.69, 9.17) is 9.47 Å². The predicted octanol–water partition coefficient (Wildman–Crippen LogP) is 3.97. The van der Waals surface area contributed by atoms with Crippen LogP contribution in [0.25, 0.3) is 0 Å². The minimum atomic E-state index is -1.35. The first-order chi connectivity index (χ1) is 17.5.